The first-order valence-electron chi connectivity index (χ1n) is 43.4. The Morgan fingerprint density at radius 2 is 0.549 bits per heavy atom. The molecule has 0 spiro atoms. The molecule has 6 aromatic rings. The number of benzene rings is 6. The van der Waals surface area contributed by atoms with Crippen LogP contribution in [-0.4, -0.2) is 219 Å². The number of methoxy groups -OCH3 is 3. The van der Waals surface area contributed by atoms with Gasteiger partial charge in [0.1, 0.15) is 53.3 Å². The van der Waals surface area contributed by atoms with Gasteiger partial charge in [0.15, 0.2) is 11.5 Å². The van der Waals surface area contributed by atoms with Gasteiger partial charge in [0.05, 0.1) is 34.2 Å². The molecule has 0 N–H and O–H groups in total. The minimum Gasteiger partial charge on any atom is -0.497 e. The van der Waals surface area contributed by atoms with Crippen LogP contribution in [0.1, 0.15) is 180 Å². The van der Waals surface area contributed by atoms with Crippen LogP contribution in [0.25, 0.3) is 0 Å². The van der Waals surface area contributed by atoms with E-state index in [-0.39, 0.29) is 5.60 Å². The second-order valence-corrected chi connectivity index (χ2v) is 42.4. The van der Waals surface area contributed by atoms with Gasteiger partial charge in [0, 0.05) is 160 Å². The summed E-state index contributed by atoms with van der Waals surface area (Å²) in [5.41, 5.74) is 5.35. The molecule has 1 heterocycles. The largest absolute Gasteiger partial charge is 0.537 e. The number of hydrogen-bond donors (Lipinski definition) is 0. The summed E-state index contributed by atoms with van der Waals surface area (Å²) in [5, 5.41) is 0.939. The summed E-state index contributed by atoms with van der Waals surface area (Å²) in [6, 6.07) is 46.6. The Bertz CT molecular complexity index is 3480. The van der Waals surface area contributed by atoms with E-state index < -0.39 is 52.8 Å². The molecule has 0 atom stereocenters. The van der Waals surface area contributed by atoms with E-state index in [0.29, 0.717) is 169 Å². The van der Waals surface area contributed by atoms with Crippen LogP contribution in [0.15, 0.2) is 146 Å². The van der Waals surface area contributed by atoms with Gasteiger partial charge in [-0.15, -0.1) is 0 Å². The molecule has 0 radical (unpaired) electrons. The molecule has 1 aliphatic heterocycles. The van der Waals surface area contributed by atoms with Gasteiger partial charge in [-0.2, -0.15) is 0 Å². The summed E-state index contributed by atoms with van der Waals surface area (Å²) >= 11 is 0. The summed E-state index contributed by atoms with van der Waals surface area (Å²) in [6.07, 6.45) is 1.40. The SMILES string of the molecule is C=COc1ccc([Si](OCC)(OCC)OCC)cc1.CCO[Si](Cc1cc(OC)cc(OC)c1)(OCC)OCC.CCO[Si](Cc1ccc(OC(C)(C)C)cc1)(OCC)OCC.CCO[Si](Cc1ccc(OC)cc1)(OCC)OCC.CCO[Si](Cc1ccc2c(c1)OCCO2)(OCC)OCC.CCOc1ccc(C[Si](OCC)(OCC)OCC)cc1. The van der Waals surface area contributed by atoms with Crippen molar-refractivity contribution in [2.24, 2.45) is 0 Å². The maximum absolute atomic E-state index is 5.89. The highest BCUT2D eigenvalue weighted by atomic mass is 28.4. The monoisotopic (exact) mass is 1820 g/mol. The average molecular weight is 1820 g/mol. The van der Waals surface area contributed by atoms with E-state index in [4.69, 9.17) is 118 Å². The van der Waals surface area contributed by atoms with Crippen molar-refractivity contribution >= 4 is 58.0 Å². The molecule has 7 rings (SSSR count). The van der Waals surface area contributed by atoms with Crippen molar-refractivity contribution in [1.82, 2.24) is 0 Å². The molecule has 0 fully saturated rings. The third-order valence-corrected chi connectivity index (χ3v) is 34.9. The highest BCUT2D eigenvalue weighted by Gasteiger charge is 2.46. The Morgan fingerprint density at radius 3 is 0.836 bits per heavy atom. The molecule has 0 saturated heterocycles. The Labute approximate surface area is 739 Å². The number of fused-ring (bicyclic) bond motifs is 1. The fourth-order valence-electron chi connectivity index (χ4n) is 12.5. The fourth-order valence-corrected chi connectivity index (χ4v) is 28.0. The van der Waals surface area contributed by atoms with Gasteiger partial charge in [-0.05, 0) is 253 Å². The molecule has 692 valence electrons. The molecule has 0 aromatic heterocycles. The van der Waals surface area contributed by atoms with Crippen molar-refractivity contribution in [1.29, 1.82) is 0 Å². The molecular formula is C90H152O26Si6. The maximum atomic E-state index is 5.89. The number of hydrogen-bond acceptors (Lipinski definition) is 26. The molecule has 32 heteroatoms. The van der Waals surface area contributed by atoms with Gasteiger partial charge in [0.2, 0.25) is 0 Å². The van der Waals surface area contributed by atoms with Crippen LogP contribution in [0.3, 0.4) is 0 Å². The lowest BCUT2D eigenvalue weighted by Crippen LogP contribution is -2.56. The van der Waals surface area contributed by atoms with Crippen molar-refractivity contribution in [3.05, 3.63) is 174 Å². The first-order valence-corrected chi connectivity index (χ1v) is 54.8. The van der Waals surface area contributed by atoms with Crippen LogP contribution in [0.2, 0.25) is 0 Å². The summed E-state index contributed by atoms with van der Waals surface area (Å²) in [5.74, 6) is 6.40. The van der Waals surface area contributed by atoms with Crippen LogP contribution in [0.5, 0.6) is 46.0 Å². The summed E-state index contributed by atoms with van der Waals surface area (Å²) < 4.78 is 149. The van der Waals surface area contributed by atoms with Gasteiger partial charge in [0.25, 0.3) is 0 Å². The van der Waals surface area contributed by atoms with E-state index >= 15 is 0 Å². The molecule has 26 nitrogen and oxygen atoms in total. The lowest BCUT2D eigenvalue weighted by Gasteiger charge is -2.29. The lowest BCUT2D eigenvalue weighted by atomic mass is 10.2. The minimum atomic E-state index is -2.80. The first kappa shape index (κ1) is 112. The Morgan fingerprint density at radius 1 is 0.279 bits per heavy atom. The van der Waals surface area contributed by atoms with Gasteiger partial charge in [-0.25, -0.2) is 0 Å². The van der Waals surface area contributed by atoms with Crippen LogP contribution in [0.4, 0.5) is 0 Å². The Hall–Kier alpha value is -5.96. The summed E-state index contributed by atoms with van der Waals surface area (Å²) in [7, 11) is -11.1. The van der Waals surface area contributed by atoms with E-state index in [9.17, 15) is 0 Å². The predicted molar refractivity (Wildman–Crippen MR) is 494 cm³/mol. The van der Waals surface area contributed by atoms with Crippen molar-refractivity contribution in [3.8, 4) is 46.0 Å². The number of ether oxygens (including phenoxy) is 8. The molecule has 122 heavy (non-hydrogen) atoms. The smallest absolute Gasteiger partial charge is 0.497 e. The van der Waals surface area contributed by atoms with Gasteiger partial charge >= 0.3 is 52.8 Å². The highest BCUT2D eigenvalue weighted by Crippen LogP contribution is 2.34. The van der Waals surface area contributed by atoms with Crippen LogP contribution in [-0.2, 0) is 110 Å². The molecular weight excluding hydrogens is 1670 g/mol. The second-order valence-electron chi connectivity index (χ2n) is 26.9. The van der Waals surface area contributed by atoms with Gasteiger partial charge in [-0.1, -0.05) is 61.2 Å². The second kappa shape index (κ2) is 63.9. The molecule has 0 saturated carbocycles. The average Bonchev–Trinajstić information content (AvgIpc) is 0.815. The van der Waals surface area contributed by atoms with Crippen molar-refractivity contribution in [3.63, 3.8) is 0 Å². The predicted octanol–water partition coefficient (Wildman–Crippen LogP) is 17.9. The third kappa shape index (κ3) is 42.1. The summed E-state index contributed by atoms with van der Waals surface area (Å²) in [6.45, 7) is 59.2. The Kier molecular flexibility index (Phi) is 58.7. The topological polar surface area (TPSA) is 240 Å². The zero-order valence-electron chi connectivity index (χ0n) is 78.5. The maximum Gasteiger partial charge on any atom is 0.537 e. The van der Waals surface area contributed by atoms with Gasteiger partial charge < -0.3 is 118 Å². The van der Waals surface area contributed by atoms with Crippen molar-refractivity contribution < 1.29 is 118 Å². The van der Waals surface area contributed by atoms with Gasteiger partial charge in [-0.3, -0.25) is 0 Å². The zero-order chi connectivity index (χ0) is 90.6. The number of rotatable bonds is 55. The van der Waals surface area contributed by atoms with Crippen molar-refractivity contribution in [2.45, 2.75) is 188 Å². The third-order valence-electron chi connectivity index (χ3n) is 16.8. The van der Waals surface area contributed by atoms with E-state index in [2.05, 4.69) is 18.7 Å². The standard InChI is InChI=1S/C17H30O4Si.C15H24O5Si.C15H26O5Si.C15H26O4Si.C14H24O4Si.C14H22O4Si/c1-7-18-22(19-8-2,20-9-3)14-15-10-12-16(13-11-15)21-17(4,5)6;1-4-18-21(19-5-2,20-6-3)12-13-7-8-14-15(11-13)17-10-9-16-14;1-6-18-21(19-7-2,20-8-3)12-13-9-14(16-4)11-15(10-13)17-5;1-5-16-15-11-9-14(10-12-15)13-20(17-6-2,18-7-3)19-8-4;1-5-16-19(17-6-2,18-7-3)12-13-8-10-14(15-4)11-9-13;1-5-15-13-9-11-14(12-10-13)19(16-6-2,17-7-3)18-8-4/h10-13H,7-9,14H2,1-6H3;7-8,11H,4-6,9-10,12H2,1-3H3;9-11H,6-8,12H2,1-5H3;9-12H,5-8,13H2,1-4H3;8-11H,5-7,12H2,1-4H3;5,9-12H,1,6-8H2,2-4H3. The summed E-state index contributed by atoms with van der Waals surface area (Å²) in [4.78, 5) is 0. The first-order chi connectivity index (χ1) is 58.8. The zero-order valence-corrected chi connectivity index (χ0v) is 84.5. The van der Waals surface area contributed by atoms with E-state index in [0.717, 1.165) is 79.0 Å². The fraction of sp³-hybridized carbons (Fsp3) is 0.578. The highest BCUT2D eigenvalue weighted by molar-refractivity contribution is 6.75. The van der Waals surface area contributed by atoms with Crippen LogP contribution >= 0.6 is 0 Å². The molecule has 0 aliphatic carbocycles. The van der Waals surface area contributed by atoms with E-state index in [1.807, 2.05) is 274 Å². The minimum absolute atomic E-state index is 0.192. The van der Waals surface area contributed by atoms with E-state index in [1.54, 1.807) is 21.3 Å². The van der Waals surface area contributed by atoms with Crippen molar-refractivity contribution in [2.75, 3.05) is 160 Å². The molecule has 0 amide bonds. The quantitative estimate of drug-likeness (QED) is 0.0255. The molecule has 0 bridgehead atoms. The Balaban J connectivity index is 0.000000496. The molecule has 1 aliphatic rings. The van der Waals surface area contributed by atoms with Crippen LogP contribution in [0, 0.1) is 0 Å². The molecule has 6 aromatic carbocycles. The normalized spacial score (nSPS) is 12.1. The lowest BCUT2D eigenvalue weighted by molar-refractivity contribution is 0.0695. The van der Waals surface area contributed by atoms with E-state index in [1.165, 1.54) is 6.26 Å². The molecule has 0 unspecified atom stereocenters. The van der Waals surface area contributed by atoms with Crippen LogP contribution < -0.4 is 43.1 Å².